The van der Waals surface area contributed by atoms with Crippen molar-refractivity contribution in [2.75, 3.05) is 13.2 Å². The number of fused-ring (bicyclic) bond motifs is 2. The van der Waals surface area contributed by atoms with Crippen molar-refractivity contribution in [3.05, 3.63) is 104 Å². The number of carbonyl (C=O) groups excluding carboxylic acids is 6. The second-order valence-corrected chi connectivity index (χ2v) is 24.3. The summed E-state index contributed by atoms with van der Waals surface area (Å²) in [6, 6.07) is 20.6. The first-order valence-corrected chi connectivity index (χ1v) is 25.8. The highest BCUT2D eigenvalue weighted by Crippen LogP contribution is 2.69. The predicted octanol–water partition coefficient (Wildman–Crippen LogP) is 11.4. The van der Waals surface area contributed by atoms with Crippen molar-refractivity contribution < 1.29 is 47.7 Å². The Morgan fingerprint density at radius 2 is 1.04 bits per heavy atom. The molecule has 0 N–H and O–H groups in total. The third-order valence-electron chi connectivity index (χ3n) is 10.6. The van der Waals surface area contributed by atoms with Gasteiger partial charge in [-0.3, -0.25) is 19.2 Å². The predicted molar refractivity (Wildman–Crippen MR) is 267 cm³/mol. The Hall–Kier alpha value is -5.41. The van der Waals surface area contributed by atoms with Gasteiger partial charge in [0.15, 0.2) is 17.1 Å². The first-order valence-electron chi connectivity index (χ1n) is 22.5. The summed E-state index contributed by atoms with van der Waals surface area (Å²) in [5, 5.41) is 13.2. The third kappa shape index (κ3) is 13.7. The number of benzene rings is 3. The summed E-state index contributed by atoms with van der Waals surface area (Å²) in [5.74, 6) is -3.79. The number of rotatable bonds is 17. The van der Waals surface area contributed by atoms with Gasteiger partial charge in [-0.1, -0.05) is 170 Å². The highest BCUT2D eigenvalue weighted by molar-refractivity contribution is 8.26. The number of nitrogens with zero attached hydrogens (tertiary/aromatic N) is 3. The minimum Gasteiger partial charge on any atom is -0.459 e. The average Bonchev–Trinajstić information content (AvgIpc) is 3.95. The molecule has 3 aliphatic rings. The smallest absolute Gasteiger partial charge is 0.350 e. The average molecular weight is 1010 g/mol. The lowest BCUT2D eigenvalue weighted by atomic mass is 9.84. The standard InChI is InChI=1S/C52H57N3O10S4/c1-30(2)47(60)62-21-22-63-48(61)35(27-53)49-66-41-39(64-36(56)23-31(3)25-51(5,6)7)43-44(40(42(41)67-49)65-37(57)24-32(4)26-52(8,9)10)69-50(68-43)38-45(58)54(28-33-17-13-11-14-18-33)55(46(38)59)29-34-19-15-12-16-20-34/h11-20,31-32H,1,21-26,28-29H2,2-10H3. The van der Waals surface area contributed by atoms with Gasteiger partial charge in [0.25, 0.3) is 11.8 Å². The maximum atomic E-state index is 14.7. The van der Waals surface area contributed by atoms with Gasteiger partial charge < -0.3 is 18.9 Å². The zero-order valence-corrected chi connectivity index (χ0v) is 43.6. The van der Waals surface area contributed by atoms with Crippen LogP contribution in [0.4, 0.5) is 0 Å². The lowest BCUT2D eigenvalue weighted by Crippen LogP contribution is -2.39. The van der Waals surface area contributed by atoms with Gasteiger partial charge in [0.05, 0.1) is 41.1 Å². The van der Waals surface area contributed by atoms with E-state index in [2.05, 4.69) is 48.1 Å². The molecular formula is C52H57N3O10S4. The van der Waals surface area contributed by atoms with Crippen molar-refractivity contribution in [1.82, 2.24) is 10.0 Å². The first kappa shape index (κ1) is 53.0. The van der Waals surface area contributed by atoms with E-state index in [0.29, 0.717) is 23.8 Å². The minimum absolute atomic E-state index is 0.0566. The Kier molecular flexibility index (Phi) is 17.3. The molecule has 3 aromatic carbocycles. The number of carbonyl (C=O) groups is 6. The molecule has 69 heavy (non-hydrogen) atoms. The van der Waals surface area contributed by atoms with E-state index in [9.17, 15) is 34.0 Å². The normalized spacial score (nSPS) is 15.3. The molecule has 1 saturated heterocycles. The maximum Gasteiger partial charge on any atom is 0.350 e. The molecule has 2 amide bonds. The molecule has 1 fully saturated rings. The molecule has 0 aliphatic carbocycles. The van der Waals surface area contributed by atoms with Gasteiger partial charge in [-0.2, -0.15) is 5.26 Å². The fourth-order valence-corrected chi connectivity index (χ4v) is 13.5. The summed E-state index contributed by atoms with van der Waals surface area (Å²) >= 11 is 4.07. The molecular weight excluding hydrogens is 955 g/mol. The molecule has 2 atom stereocenters. The number of hydrazine groups is 1. The van der Waals surface area contributed by atoms with Crippen LogP contribution in [0.5, 0.6) is 11.5 Å². The molecule has 0 aromatic heterocycles. The molecule has 3 aliphatic heterocycles. The van der Waals surface area contributed by atoms with E-state index in [-0.39, 0.29) is 94.3 Å². The monoisotopic (exact) mass is 1010 g/mol. The summed E-state index contributed by atoms with van der Waals surface area (Å²) in [4.78, 5) is 84.2. The topological polar surface area (TPSA) is 170 Å². The summed E-state index contributed by atoms with van der Waals surface area (Å²) in [7, 11) is 0. The van der Waals surface area contributed by atoms with E-state index >= 15 is 0 Å². The number of hydrogen-bond acceptors (Lipinski definition) is 15. The molecule has 13 nitrogen and oxygen atoms in total. The van der Waals surface area contributed by atoms with Crippen LogP contribution in [-0.2, 0) is 51.3 Å². The quantitative estimate of drug-likeness (QED) is 0.0312. The van der Waals surface area contributed by atoms with Gasteiger partial charge in [-0.15, -0.1) is 0 Å². The number of ether oxygens (including phenoxy) is 4. The van der Waals surface area contributed by atoms with Gasteiger partial charge in [0.2, 0.25) is 0 Å². The van der Waals surface area contributed by atoms with E-state index in [4.69, 9.17) is 18.9 Å². The van der Waals surface area contributed by atoms with Crippen molar-refractivity contribution in [3.8, 4) is 17.6 Å². The molecule has 2 unspecified atom stereocenters. The van der Waals surface area contributed by atoms with Gasteiger partial charge >= 0.3 is 23.9 Å². The Morgan fingerprint density at radius 1 is 0.652 bits per heavy atom. The molecule has 0 bridgehead atoms. The molecule has 0 saturated carbocycles. The van der Waals surface area contributed by atoms with Crippen LogP contribution < -0.4 is 9.47 Å². The second kappa shape index (κ2) is 22.6. The Labute approximate surface area is 421 Å². The molecule has 364 valence electrons. The fourth-order valence-electron chi connectivity index (χ4n) is 8.12. The van der Waals surface area contributed by atoms with Crippen LogP contribution in [-0.4, -0.2) is 58.9 Å². The van der Waals surface area contributed by atoms with Gasteiger partial charge in [-0.25, -0.2) is 19.6 Å². The molecule has 0 spiro atoms. The van der Waals surface area contributed by atoms with E-state index in [1.54, 1.807) is 0 Å². The minimum atomic E-state index is -0.988. The van der Waals surface area contributed by atoms with Gasteiger partial charge in [0, 0.05) is 18.4 Å². The first-order chi connectivity index (χ1) is 32.5. The van der Waals surface area contributed by atoms with Crippen LogP contribution in [0.3, 0.4) is 0 Å². The van der Waals surface area contributed by atoms with Crippen LogP contribution >= 0.6 is 47.0 Å². The molecule has 0 radical (unpaired) electrons. The van der Waals surface area contributed by atoms with Crippen molar-refractivity contribution in [1.29, 1.82) is 5.26 Å². The van der Waals surface area contributed by atoms with Crippen molar-refractivity contribution in [2.24, 2.45) is 22.7 Å². The number of amides is 2. The van der Waals surface area contributed by atoms with Crippen LogP contribution in [0.15, 0.2) is 112 Å². The number of nitriles is 1. The summed E-state index contributed by atoms with van der Waals surface area (Å²) in [6.07, 6.45) is 1.56. The van der Waals surface area contributed by atoms with E-state index in [1.165, 1.54) is 16.9 Å². The summed E-state index contributed by atoms with van der Waals surface area (Å²) in [5.41, 5.74) is 1.17. The maximum absolute atomic E-state index is 14.7. The lowest BCUT2D eigenvalue weighted by Gasteiger charge is -2.27. The summed E-state index contributed by atoms with van der Waals surface area (Å²) in [6.45, 7) is 21.1. The van der Waals surface area contributed by atoms with Crippen molar-refractivity contribution >= 4 is 82.7 Å². The van der Waals surface area contributed by atoms with E-state index in [0.717, 1.165) is 71.0 Å². The highest BCUT2D eigenvalue weighted by atomic mass is 32.2. The van der Waals surface area contributed by atoms with E-state index in [1.807, 2.05) is 80.6 Å². The Balaban J connectivity index is 1.47. The van der Waals surface area contributed by atoms with Crippen LogP contribution in [0.25, 0.3) is 0 Å². The number of esters is 4. The van der Waals surface area contributed by atoms with E-state index < -0.39 is 35.7 Å². The Bertz CT molecular complexity index is 2500. The third-order valence-corrected chi connectivity index (χ3v) is 15.8. The summed E-state index contributed by atoms with van der Waals surface area (Å²) < 4.78 is 23.5. The molecule has 3 aromatic rings. The SMILES string of the molecule is C=C(C)C(=O)OCCOC(=O)C(C#N)=C1Sc2c(OC(=O)CC(C)CC(C)(C)C)c3c(c(OC(=O)CC(C)CC(C)(C)C)c2S1)SC(=C1C(=O)N(Cc2ccccc2)N(Cc2ccccc2)C1=O)S3. The molecule has 3 heterocycles. The van der Waals surface area contributed by atoms with Crippen LogP contribution in [0.2, 0.25) is 0 Å². The molecule has 17 heteroatoms. The number of hydrogen-bond donors (Lipinski definition) is 0. The Morgan fingerprint density at radius 3 is 1.42 bits per heavy atom. The zero-order chi connectivity index (χ0) is 50.4. The van der Waals surface area contributed by atoms with Gasteiger partial charge in [0.1, 0.15) is 24.9 Å². The largest absolute Gasteiger partial charge is 0.459 e. The van der Waals surface area contributed by atoms with Crippen molar-refractivity contribution in [3.63, 3.8) is 0 Å². The number of thioether (sulfide) groups is 4. The van der Waals surface area contributed by atoms with Crippen LogP contribution in [0, 0.1) is 34.0 Å². The van der Waals surface area contributed by atoms with Crippen molar-refractivity contribution in [2.45, 2.75) is 121 Å². The fraction of sp³-hybridized carbons (Fsp3) is 0.404. The molecule has 6 rings (SSSR count). The second-order valence-electron chi connectivity index (χ2n) is 19.7. The zero-order valence-electron chi connectivity index (χ0n) is 40.3. The van der Waals surface area contributed by atoms with Crippen LogP contribution in [0.1, 0.15) is 99.1 Å². The highest BCUT2D eigenvalue weighted by Gasteiger charge is 2.47. The lowest BCUT2D eigenvalue weighted by molar-refractivity contribution is -0.149. The van der Waals surface area contributed by atoms with Gasteiger partial charge in [-0.05, 0) is 53.6 Å².